The highest BCUT2D eigenvalue weighted by Crippen LogP contribution is 2.14. The van der Waals surface area contributed by atoms with Crippen LogP contribution in [-0.2, 0) is 14.8 Å². The van der Waals surface area contributed by atoms with Crippen molar-refractivity contribution in [3.05, 3.63) is 58.6 Å². The van der Waals surface area contributed by atoms with E-state index in [0.717, 1.165) is 15.8 Å². The number of carbonyl (C=O) groups is 1. The number of hydrogen-bond acceptors (Lipinski definition) is 4. The third-order valence-corrected chi connectivity index (χ3v) is 5.46. The molecular weight excluding hydrogens is 420 g/mol. The van der Waals surface area contributed by atoms with Gasteiger partial charge in [0.15, 0.2) is 0 Å². The van der Waals surface area contributed by atoms with Crippen LogP contribution in [0.15, 0.2) is 57.9 Å². The first-order valence-corrected chi connectivity index (χ1v) is 10.4. The van der Waals surface area contributed by atoms with Gasteiger partial charge in [0.05, 0.1) is 11.4 Å². The number of aryl methyl sites for hydroxylation is 1. The summed E-state index contributed by atoms with van der Waals surface area (Å²) in [5.41, 5.74) is 1.10. The average molecular weight is 441 g/mol. The van der Waals surface area contributed by atoms with Crippen molar-refractivity contribution in [2.45, 2.75) is 18.2 Å². The smallest absolute Gasteiger partial charge is 0.240 e. The van der Waals surface area contributed by atoms with Crippen molar-refractivity contribution >= 4 is 31.9 Å². The molecule has 2 rings (SSSR count). The minimum Gasteiger partial charge on any atom is -0.492 e. The number of rotatable bonds is 9. The standard InChI is InChI=1S/C18H21BrN2O4S/c1-14-3-2-4-16(13-14)25-12-11-20-18(22)9-10-21-26(23,24)17-7-5-15(19)6-8-17/h2-8,13,21H,9-12H2,1H3,(H,20,22). The molecule has 6 nitrogen and oxygen atoms in total. The first kappa shape index (κ1) is 20.4. The monoisotopic (exact) mass is 440 g/mol. The number of sulfonamides is 1. The third-order valence-electron chi connectivity index (χ3n) is 3.45. The molecule has 0 aliphatic heterocycles. The van der Waals surface area contributed by atoms with Gasteiger partial charge in [0.1, 0.15) is 12.4 Å². The Morgan fingerprint density at radius 2 is 1.85 bits per heavy atom. The van der Waals surface area contributed by atoms with Crippen LogP contribution >= 0.6 is 15.9 Å². The van der Waals surface area contributed by atoms with Gasteiger partial charge in [-0.25, -0.2) is 13.1 Å². The molecule has 0 bridgehead atoms. The summed E-state index contributed by atoms with van der Waals surface area (Å²) in [6.45, 7) is 2.71. The minimum absolute atomic E-state index is 0.0307. The van der Waals surface area contributed by atoms with Crippen LogP contribution in [0.1, 0.15) is 12.0 Å². The maximum atomic E-state index is 12.1. The molecule has 2 aromatic carbocycles. The first-order chi connectivity index (χ1) is 12.4. The molecule has 0 aliphatic carbocycles. The summed E-state index contributed by atoms with van der Waals surface area (Å²) in [7, 11) is -3.61. The van der Waals surface area contributed by atoms with E-state index in [1.165, 1.54) is 12.1 Å². The second kappa shape index (κ2) is 9.70. The zero-order valence-electron chi connectivity index (χ0n) is 14.4. The maximum Gasteiger partial charge on any atom is 0.240 e. The lowest BCUT2D eigenvalue weighted by atomic mass is 10.2. The van der Waals surface area contributed by atoms with Crippen LogP contribution in [-0.4, -0.2) is 34.0 Å². The van der Waals surface area contributed by atoms with Crippen LogP contribution in [0.5, 0.6) is 5.75 Å². The molecular formula is C18H21BrN2O4S. The molecule has 2 N–H and O–H groups in total. The molecule has 0 aliphatic rings. The molecule has 0 fully saturated rings. The Morgan fingerprint density at radius 1 is 1.12 bits per heavy atom. The molecule has 0 atom stereocenters. The van der Waals surface area contributed by atoms with E-state index in [1.807, 2.05) is 31.2 Å². The van der Waals surface area contributed by atoms with Gasteiger partial charge in [0.2, 0.25) is 15.9 Å². The van der Waals surface area contributed by atoms with Crippen molar-refractivity contribution in [3.8, 4) is 5.75 Å². The molecule has 0 radical (unpaired) electrons. The molecule has 0 aromatic heterocycles. The average Bonchev–Trinajstić information content (AvgIpc) is 2.59. The molecule has 0 saturated heterocycles. The van der Waals surface area contributed by atoms with Crippen LogP contribution in [0.25, 0.3) is 0 Å². The van der Waals surface area contributed by atoms with Gasteiger partial charge < -0.3 is 10.1 Å². The molecule has 8 heteroatoms. The minimum atomic E-state index is -3.61. The molecule has 26 heavy (non-hydrogen) atoms. The Balaban J connectivity index is 1.66. The Bertz CT molecular complexity index is 839. The van der Waals surface area contributed by atoms with E-state index in [4.69, 9.17) is 4.74 Å². The second-order valence-corrected chi connectivity index (χ2v) is 8.30. The van der Waals surface area contributed by atoms with E-state index in [9.17, 15) is 13.2 Å². The van der Waals surface area contributed by atoms with E-state index in [0.29, 0.717) is 13.2 Å². The summed E-state index contributed by atoms with van der Waals surface area (Å²) in [5.74, 6) is 0.512. The molecule has 0 spiro atoms. The maximum absolute atomic E-state index is 12.1. The number of carbonyl (C=O) groups excluding carboxylic acids is 1. The SMILES string of the molecule is Cc1cccc(OCCNC(=O)CCNS(=O)(=O)c2ccc(Br)cc2)c1. The lowest BCUT2D eigenvalue weighted by molar-refractivity contribution is -0.121. The molecule has 2 aromatic rings. The summed E-state index contributed by atoms with van der Waals surface area (Å²) in [4.78, 5) is 11.9. The molecule has 0 heterocycles. The third kappa shape index (κ3) is 6.78. The quantitative estimate of drug-likeness (QED) is 0.586. The summed E-state index contributed by atoms with van der Waals surface area (Å²) in [6.07, 6.45) is 0.0558. The summed E-state index contributed by atoms with van der Waals surface area (Å²) in [6, 6.07) is 13.9. The van der Waals surface area contributed by atoms with E-state index in [2.05, 4.69) is 26.0 Å². The topological polar surface area (TPSA) is 84.5 Å². The van der Waals surface area contributed by atoms with Gasteiger partial charge in [-0.3, -0.25) is 4.79 Å². The van der Waals surface area contributed by atoms with E-state index in [-0.39, 0.29) is 23.8 Å². The van der Waals surface area contributed by atoms with E-state index >= 15 is 0 Å². The highest BCUT2D eigenvalue weighted by atomic mass is 79.9. The largest absolute Gasteiger partial charge is 0.492 e. The lowest BCUT2D eigenvalue weighted by Crippen LogP contribution is -2.32. The zero-order chi connectivity index (χ0) is 19.0. The van der Waals surface area contributed by atoms with Gasteiger partial charge >= 0.3 is 0 Å². The van der Waals surface area contributed by atoms with Crippen LogP contribution in [0.4, 0.5) is 0 Å². The van der Waals surface area contributed by atoms with Crippen molar-refractivity contribution in [1.29, 1.82) is 0 Å². The van der Waals surface area contributed by atoms with Gasteiger partial charge in [-0.05, 0) is 48.9 Å². The Kier molecular flexibility index (Phi) is 7.62. The fourth-order valence-electron chi connectivity index (χ4n) is 2.15. The molecule has 1 amide bonds. The molecule has 0 unspecified atom stereocenters. The van der Waals surface area contributed by atoms with Crippen molar-refractivity contribution in [3.63, 3.8) is 0 Å². The van der Waals surface area contributed by atoms with Crippen LogP contribution in [0.2, 0.25) is 0 Å². The lowest BCUT2D eigenvalue weighted by Gasteiger charge is -2.09. The first-order valence-electron chi connectivity index (χ1n) is 8.08. The van der Waals surface area contributed by atoms with Crippen molar-refractivity contribution < 1.29 is 17.9 Å². The van der Waals surface area contributed by atoms with Crippen molar-refractivity contribution in [2.24, 2.45) is 0 Å². The number of hydrogen-bond donors (Lipinski definition) is 2. The molecule has 0 saturated carbocycles. The number of amides is 1. The van der Waals surface area contributed by atoms with Crippen LogP contribution in [0.3, 0.4) is 0 Å². The predicted molar refractivity (Wildman–Crippen MR) is 104 cm³/mol. The van der Waals surface area contributed by atoms with Gasteiger partial charge in [0.25, 0.3) is 0 Å². The Hall–Kier alpha value is -1.90. The fraction of sp³-hybridized carbons (Fsp3) is 0.278. The highest BCUT2D eigenvalue weighted by molar-refractivity contribution is 9.10. The van der Waals surface area contributed by atoms with E-state index < -0.39 is 10.0 Å². The Morgan fingerprint density at radius 3 is 2.54 bits per heavy atom. The van der Waals surface area contributed by atoms with Gasteiger partial charge in [-0.15, -0.1) is 0 Å². The normalized spacial score (nSPS) is 11.2. The fourth-order valence-corrected chi connectivity index (χ4v) is 3.45. The van der Waals surface area contributed by atoms with Crippen LogP contribution in [0, 0.1) is 6.92 Å². The summed E-state index contributed by atoms with van der Waals surface area (Å²) < 4.78 is 32.9. The second-order valence-electron chi connectivity index (χ2n) is 5.62. The highest BCUT2D eigenvalue weighted by Gasteiger charge is 2.13. The number of nitrogens with one attached hydrogen (secondary N) is 2. The van der Waals surface area contributed by atoms with Gasteiger partial charge in [0, 0.05) is 17.4 Å². The zero-order valence-corrected chi connectivity index (χ0v) is 16.8. The Labute approximate surface area is 162 Å². The number of ether oxygens (including phenoxy) is 1. The summed E-state index contributed by atoms with van der Waals surface area (Å²) >= 11 is 3.25. The molecule has 140 valence electrons. The van der Waals surface area contributed by atoms with Crippen molar-refractivity contribution in [2.75, 3.05) is 19.7 Å². The predicted octanol–water partition coefficient (Wildman–Crippen LogP) is 2.62. The van der Waals surface area contributed by atoms with Gasteiger partial charge in [-0.1, -0.05) is 28.1 Å². The van der Waals surface area contributed by atoms with Gasteiger partial charge in [-0.2, -0.15) is 0 Å². The van der Waals surface area contributed by atoms with Crippen molar-refractivity contribution in [1.82, 2.24) is 10.0 Å². The number of halogens is 1. The van der Waals surface area contributed by atoms with Crippen LogP contribution < -0.4 is 14.8 Å². The summed E-state index contributed by atoms with van der Waals surface area (Å²) in [5, 5.41) is 2.70. The number of benzene rings is 2. The van der Waals surface area contributed by atoms with E-state index in [1.54, 1.807) is 12.1 Å².